The predicted molar refractivity (Wildman–Crippen MR) is 57.9 cm³/mol. The fourth-order valence-electron chi connectivity index (χ4n) is 1.25. The minimum absolute atomic E-state index is 0.729. The second-order valence-electron chi connectivity index (χ2n) is 3.21. The molecular formula is C9H7NO7S. The van der Waals surface area contributed by atoms with Crippen LogP contribution < -0.4 is 0 Å². The molecule has 0 bridgehead atoms. The molecule has 0 heterocycles. The maximum Gasteiger partial charge on any atom is 0.342 e. The molecule has 0 aliphatic rings. The van der Waals surface area contributed by atoms with Gasteiger partial charge < -0.3 is 5.11 Å². The van der Waals surface area contributed by atoms with Crippen LogP contribution in [0.2, 0.25) is 0 Å². The molecule has 0 aliphatic carbocycles. The van der Waals surface area contributed by atoms with Gasteiger partial charge in [0.1, 0.15) is 5.56 Å². The first-order chi connectivity index (χ1) is 8.19. The standard InChI is InChI=1S/C9H7NO7S/c1-5(11)18(16,17)7-4-2-3-6(9(12)13)8(7)10(14)15/h2-4H,1H3,(H,12,13). The van der Waals surface area contributed by atoms with Gasteiger partial charge in [-0.25, -0.2) is 13.2 Å². The Morgan fingerprint density at radius 3 is 2.28 bits per heavy atom. The lowest BCUT2D eigenvalue weighted by molar-refractivity contribution is -0.388. The summed E-state index contributed by atoms with van der Waals surface area (Å²) in [5.74, 6) is -1.65. The number of aromatic carboxylic acids is 1. The van der Waals surface area contributed by atoms with E-state index in [2.05, 4.69) is 0 Å². The van der Waals surface area contributed by atoms with Crippen LogP contribution in [-0.2, 0) is 14.6 Å². The minimum atomic E-state index is -4.55. The van der Waals surface area contributed by atoms with Crippen molar-refractivity contribution >= 4 is 26.6 Å². The molecule has 0 aromatic heterocycles. The smallest absolute Gasteiger partial charge is 0.342 e. The van der Waals surface area contributed by atoms with Crippen molar-refractivity contribution in [2.45, 2.75) is 11.8 Å². The van der Waals surface area contributed by atoms with Crippen molar-refractivity contribution in [1.29, 1.82) is 0 Å². The molecule has 8 nitrogen and oxygen atoms in total. The first-order valence-corrected chi connectivity index (χ1v) is 5.94. The SMILES string of the molecule is CC(=O)S(=O)(=O)c1cccc(C(=O)O)c1[N+](=O)[O-]. The number of carboxylic acids is 1. The Morgan fingerprint density at radius 1 is 1.33 bits per heavy atom. The lowest BCUT2D eigenvalue weighted by Gasteiger charge is -2.04. The van der Waals surface area contributed by atoms with E-state index >= 15 is 0 Å². The number of hydrogen-bond acceptors (Lipinski definition) is 6. The van der Waals surface area contributed by atoms with Crippen LogP contribution >= 0.6 is 0 Å². The van der Waals surface area contributed by atoms with E-state index in [9.17, 15) is 28.1 Å². The predicted octanol–water partition coefficient (Wildman–Crippen LogP) is 0.613. The molecule has 1 rings (SSSR count). The van der Waals surface area contributed by atoms with Crippen molar-refractivity contribution in [3.05, 3.63) is 33.9 Å². The average Bonchev–Trinajstić information content (AvgIpc) is 2.27. The molecule has 0 saturated carbocycles. The third-order valence-electron chi connectivity index (χ3n) is 2.08. The topological polar surface area (TPSA) is 132 Å². The summed E-state index contributed by atoms with van der Waals surface area (Å²) in [5.41, 5.74) is -1.90. The molecule has 0 aliphatic heterocycles. The van der Waals surface area contributed by atoms with Gasteiger partial charge in [0, 0.05) is 6.92 Å². The van der Waals surface area contributed by atoms with Gasteiger partial charge in [-0.3, -0.25) is 14.9 Å². The Balaban J connectivity index is 3.77. The summed E-state index contributed by atoms with van der Waals surface area (Å²) in [4.78, 5) is 30.5. The lowest BCUT2D eigenvalue weighted by Crippen LogP contribution is -2.15. The van der Waals surface area contributed by atoms with E-state index in [1.54, 1.807) is 0 Å². The van der Waals surface area contributed by atoms with E-state index < -0.39 is 42.0 Å². The van der Waals surface area contributed by atoms with E-state index in [1.807, 2.05) is 0 Å². The minimum Gasteiger partial charge on any atom is -0.477 e. The van der Waals surface area contributed by atoms with Gasteiger partial charge in [0.15, 0.2) is 4.90 Å². The van der Waals surface area contributed by atoms with Crippen LogP contribution in [0.5, 0.6) is 0 Å². The Labute approximate surface area is 101 Å². The van der Waals surface area contributed by atoms with Crippen LogP contribution in [0.25, 0.3) is 0 Å². The van der Waals surface area contributed by atoms with Crippen molar-refractivity contribution in [3.8, 4) is 0 Å². The summed E-state index contributed by atoms with van der Waals surface area (Å²) < 4.78 is 23.2. The third-order valence-corrected chi connectivity index (χ3v) is 3.75. The quantitative estimate of drug-likeness (QED) is 0.630. The molecule has 0 amide bonds. The highest BCUT2D eigenvalue weighted by atomic mass is 32.2. The number of carbonyl (C=O) groups excluding carboxylic acids is 1. The Bertz CT molecular complexity index is 647. The van der Waals surface area contributed by atoms with Crippen molar-refractivity contribution in [3.63, 3.8) is 0 Å². The number of carboxylic acid groups (broad SMARTS) is 1. The van der Waals surface area contributed by atoms with Crippen molar-refractivity contribution in [2.24, 2.45) is 0 Å². The molecule has 9 heteroatoms. The van der Waals surface area contributed by atoms with E-state index in [4.69, 9.17) is 5.11 Å². The summed E-state index contributed by atoms with van der Waals surface area (Å²) in [6.45, 7) is 0.729. The van der Waals surface area contributed by atoms with E-state index in [1.165, 1.54) is 0 Å². The fourth-order valence-corrected chi connectivity index (χ4v) is 2.26. The maximum atomic E-state index is 11.6. The lowest BCUT2D eigenvalue weighted by atomic mass is 10.2. The molecule has 0 saturated heterocycles. The Hall–Kier alpha value is -2.29. The normalized spacial score (nSPS) is 10.9. The number of hydrogen-bond donors (Lipinski definition) is 1. The van der Waals surface area contributed by atoms with Gasteiger partial charge in [-0.2, -0.15) is 0 Å². The van der Waals surface area contributed by atoms with Crippen molar-refractivity contribution < 1.29 is 28.0 Å². The molecule has 1 N–H and O–H groups in total. The molecule has 0 spiro atoms. The number of nitrogens with zero attached hydrogens (tertiary/aromatic N) is 1. The molecule has 0 unspecified atom stereocenters. The van der Waals surface area contributed by atoms with Crippen molar-refractivity contribution in [1.82, 2.24) is 0 Å². The highest BCUT2D eigenvalue weighted by Gasteiger charge is 2.33. The molecule has 0 fully saturated rings. The van der Waals surface area contributed by atoms with Crippen LogP contribution in [0.15, 0.2) is 23.1 Å². The Morgan fingerprint density at radius 2 is 1.89 bits per heavy atom. The van der Waals surface area contributed by atoms with Gasteiger partial charge in [0.05, 0.1) is 4.92 Å². The van der Waals surface area contributed by atoms with Gasteiger partial charge in [0.25, 0.3) is 0 Å². The van der Waals surface area contributed by atoms with Crippen LogP contribution in [0.1, 0.15) is 17.3 Å². The van der Waals surface area contributed by atoms with Gasteiger partial charge in [0.2, 0.25) is 15.0 Å². The summed E-state index contributed by atoms with van der Waals surface area (Å²) in [7, 11) is -4.55. The second kappa shape index (κ2) is 4.53. The third kappa shape index (κ3) is 2.20. The number of nitro groups is 1. The number of benzene rings is 1. The van der Waals surface area contributed by atoms with Crippen LogP contribution in [0.3, 0.4) is 0 Å². The van der Waals surface area contributed by atoms with Crippen LogP contribution in [0.4, 0.5) is 5.69 Å². The Kier molecular flexibility index (Phi) is 3.47. The van der Waals surface area contributed by atoms with Crippen LogP contribution in [-0.4, -0.2) is 29.5 Å². The van der Waals surface area contributed by atoms with Gasteiger partial charge >= 0.3 is 11.7 Å². The zero-order chi connectivity index (χ0) is 14.1. The second-order valence-corrected chi connectivity index (χ2v) is 5.23. The monoisotopic (exact) mass is 273 g/mol. The maximum absolute atomic E-state index is 11.6. The van der Waals surface area contributed by atoms with Gasteiger partial charge in [-0.1, -0.05) is 6.07 Å². The van der Waals surface area contributed by atoms with E-state index in [0.717, 1.165) is 25.1 Å². The molecular weight excluding hydrogens is 266 g/mol. The average molecular weight is 273 g/mol. The zero-order valence-electron chi connectivity index (χ0n) is 8.98. The number of carbonyl (C=O) groups is 2. The largest absolute Gasteiger partial charge is 0.477 e. The number of rotatable bonds is 3. The zero-order valence-corrected chi connectivity index (χ0v) is 9.80. The molecule has 0 radical (unpaired) electrons. The summed E-state index contributed by atoms with van der Waals surface area (Å²) in [5, 5.41) is 18.2. The summed E-state index contributed by atoms with van der Waals surface area (Å²) >= 11 is 0. The molecule has 1 aromatic rings. The van der Waals surface area contributed by atoms with E-state index in [-0.39, 0.29) is 0 Å². The molecule has 0 atom stereocenters. The molecule has 18 heavy (non-hydrogen) atoms. The highest BCUT2D eigenvalue weighted by Crippen LogP contribution is 2.29. The number of sulfone groups is 1. The van der Waals surface area contributed by atoms with Crippen LogP contribution in [0, 0.1) is 10.1 Å². The number of nitro benzene ring substituents is 1. The molecule has 96 valence electrons. The first kappa shape index (κ1) is 13.8. The summed E-state index contributed by atoms with van der Waals surface area (Å²) in [6, 6.07) is 2.73. The van der Waals surface area contributed by atoms with E-state index in [0.29, 0.717) is 0 Å². The van der Waals surface area contributed by atoms with Crippen molar-refractivity contribution in [2.75, 3.05) is 0 Å². The molecule has 1 aromatic carbocycles. The first-order valence-electron chi connectivity index (χ1n) is 4.46. The highest BCUT2D eigenvalue weighted by molar-refractivity contribution is 8.06. The summed E-state index contributed by atoms with van der Waals surface area (Å²) in [6.07, 6.45) is 0. The number of para-hydroxylation sites is 1. The fraction of sp³-hybridized carbons (Fsp3) is 0.111. The van der Waals surface area contributed by atoms with Gasteiger partial charge in [-0.05, 0) is 12.1 Å². The van der Waals surface area contributed by atoms with Gasteiger partial charge in [-0.15, -0.1) is 0 Å².